The Bertz CT molecular complexity index is 1460. The number of aryl methyl sites for hydroxylation is 2. The Labute approximate surface area is 247 Å². The van der Waals surface area contributed by atoms with Gasteiger partial charge in [0.25, 0.3) is 10.0 Å². The van der Waals surface area contributed by atoms with Crippen LogP contribution in [0.2, 0.25) is 10.0 Å². The van der Waals surface area contributed by atoms with Crippen LogP contribution >= 0.6 is 23.2 Å². The topological polar surface area (TPSA) is 86.8 Å². The van der Waals surface area contributed by atoms with Crippen LogP contribution in [0.3, 0.4) is 0 Å². The molecule has 1 N–H and O–H groups in total. The highest BCUT2D eigenvalue weighted by Crippen LogP contribution is 2.29. The van der Waals surface area contributed by atoms with E-state index in [0.717, 1.165) is 15.4 Å². The number of anilines is 1. The first kappa shape index (κ1) is 31.5. The molecule has 0 fully saturated rings. The molecule has 0 aliphatic carbocycles. The number of nitrogens with zero attached hydrogens (tertiary/aromatic N) is 2. The number of nitrogens with one attached hydrogen (secondary N) is 1. The minimum Gasteiger partial charge on any atom is -0.352 e. The predicted octanol–water partition coefficient (Wildman–Crippen LogP) is 6.14. The van der Waals surface area contributed by atoms with Gasteiger partial charge in [-0.15, -0.1) is 0 Å². The first-order valence-corrected chi connectivity index (χ1v) is 15.2. The van der Waals surface area contributed by atoms with Crippen molar-refractivity contribution in [1.29, 1.82) is 0 Å². The van der Waals surface area contributed by atoms with Crippen molar-refractivity contribution in [3.63, 3.8) is 0 Å². The highest BCUT2D eigenvalue weighted by atomic mass is 35.5. The van der Waals surface area contributed by atoms with E-state index >= 15 is 0 Å². The minimum atomic E-state index is -4.18. The average Bonchev–Trinajstić information content (AvgIpc) is 2.89. The molecule has 10 heteroatoms. The standard InChI is InChI=1S/C30H35Cl2N3O4S/c1-6-28(30(37)33-20(2)3)34(18-23-9-7-8-10-26(23)31)29(36)19-35(24-14-13-22(5)27(32)17-24)40(38,39)25-15-11-21(4)12-16-25/h7-17,20,28H,6,18-19H2,1-5H3,(H,33,37)/t28-/m0/s1. The largest absolute Gasteiger partial charge is 0.352 e. The van der Waals surface area contributed by atoms with Gasteiger partial charge in [-0.3, -0.25) is 13.9 Å². The molecule has 0 saturated heterocycles. The van der Waals surface area contributed by atoms with Gasteiger partial charge in [-0.05, 0) is 75.6 Å². The fourth-order valence-electron chi connectivity index (χ4n) is 4.21. The number of carbonyl (C=O) groups is 2. The second kappa shape index (κ2) is 13.5. The van der Waals surface area contributed by atoms with Crippen LogP contribution in [0.4, 0.5) is 5.69 Å². The lowest BCUT2D eigenvalue weighted by Crippen LogP contribution is -2.53. The van der Waals surface area contributed by atoms with Gasteiger partial charge in [-0.1, -0.05) is 72.1 Å². The molecule has 214 valence electrons. The highest BCUT2D eigenvalue weighted by Gasteiger charge is 2.34. The number of halogens is 2. The normalized spacial score (nSPS) is 12.2. The van der Waals surface area contributed by atoms with Crippen molar-refractivity contribution in [3.8, 4) is 0 Å². The summed E-state index contributed by atoms with van der Waals surface area (Å²) in [7, 11) is -4.18. The maximum Gasteiger partial charge on any atom is 0.264 e. The quantitative estimate of drug-likeness (QED) is 0.285. The molecular weight excluding hydrogens is 569 g/mol. The van der Waals surface area contributed by atoms with E-state index < -0.39 is 28.5 Å². The van der Waals surface area contributed by atoms with E-state index in [1.807, 2.05) is 20.8 Å². The maximum absolute atomic E-state index is 14.1. The zero-order valence-corrected chi connectivity index (χ0v) is 25.6. The molecule has 0 spiro atoms. The maximum atomic E-state index is 14.1. The van der Waals surface area contributed by atoms with E-state index in [0.29, 0.717) is 22.0 Å². The van der Waals surface area contributed by atoms with Crippen LogP contribution in [0.25, 0.3) is 0 Å². The van der Waals surface area contributed by atoms with Gasteiger partial charge in [0.1, 0.15) is 12.6 Å². The third-order valence-electron chi connectivity index (χ3n) is 6.45. The van der Waals surface area contributed by atoms with E-state index in [4.69, 9.17) is 23.2 Å². The van der Waals surface area contributed by atoms with Gasteiger partial charge in [0.15, 0.2) is 0 Å². The molecule has 1 atom stereocenters. The number of carbonyl (C=O) groups excluding carboxylic acids is 2. The number of benzene rings is 3. The Morgan fingerprint density at radius 3 is 2.15 bits per heavy atom. The molecular formula is C30H35Cl2N3O4S. The number of sulfonamides is 1. The second-order valence-electron chi connectivity index (χ2n) is 9.96. The first-order chi connectivity index (χ1) is 18.8. The van der Waals surface area contributed by atoms with E-state index in [9.17, 15) is 18.0 Å². The third kappa shape index (κ3) is 7.56. The highest BCUT2D eigenvalue weighted by molar-refractivity contribution is 7.92. The monoisotopic (exact) mass is 603 g/mol. The first-order valence-electron chi connectivity index (χ1n) is 13.0. The van der Waals surface area contributed by atoms with Crippen molar-refractivity contribution in [2.75, 3.05) is 10.8 Å². The van der Waals surface area contributed by atoms with Crippen molar-refractivity contribution in [2.24, 2.45) is 0 Å². The molecule has 0 radical (unpaired) electrons. The molecule has 0 bridgehead atoms. The van der Waals surface area contributed by atoms with E-state index in [1.165, 1.54) is 23.1 Å². The van der Waals surface area contributed by atoms with Gasteiger partial charge in [-0.25, -0.2) is 8.42 Å². The predicted molar refractivity (Wildman–Crippen MR) is 161 cm³/mol. The second-order valence-corrected chi connectivity index (χ2v) is 12.6. The number of hydrogen-bond donors (Lipinski definition) is 1. The molecule has 0 aliphatic heterocycles. The Balaban J connectivity index is 2.10. The molecule has 7 nitrogen and oxygen atoms in total. The van der Waals surface area contributed by atoms with Crippen LogP contribution in [0, 0.1) is 13.8 Å². The Kier molecular flexibility index (Phi) is 10.6. The number of rotatable bonds is 11. The molecule has 40 heavy (non-hydrogen) atoms. The summed E-state index contributed by atoms with van der Waals surface area (Å²) in [5, 5.41) is 3.68. The van der Waals surface area contributed by atoms with Crippen molar-refractivity contribution in [3.05, 3.63) is 93.5 Å². The van der Waals surface area contributed by atoms with Gasteiger partial charge < -0.3 is 10.2 Å². The molecule has 0 aromatic heterocycles. The summed E-state index contributed by atoms with van der Waals surface area (Å²) < 4.78 is 28.9. The lowest BCUT2D eigenvalue weighted by molar-refractivity contribution is -0.140. The summed E-state index contributed by atoms with van der Waals surface area (Å²) in [5.41, 5.74) is 2.54. The van der Waals surface area contributed by atoms with Crippen molar-refractivity contribution >= 4 is 50.7 Å². The zero-order valence-electron chi connectivity index (χ0n) is 23.3. The molecule has 3 aromatic carbocycles. The summed E-state index contributed by atoms with van der Waals surface area (Å²) in [5.74, 6) is -0.887. The van der Waals surface area contributed by atoms with Crippen LogP contribution in [0.15, 0.2) is 71.6 Å². The lowest BCUT2D eigenvalue weighted by Gasteiger charge is -2.33. The van der Waals surface area contributed by atoms with Gasteiger partial charge in [0, 0.05) is 22.6 Å². The fourth-order valence-corrected chi connectivity index (χ4v) is 5.99. The zero-order chi connectivity index (χ0) is 29.6. The molecule has 3 aromatic rings. The molecule has 0 aliphatic rings. The van der Waals surface area contributed by atoms with Gasteiger partial charge in [-0.2, -0.15) is 0 Å². The summed E-state index contributed by atoms with van der Waals surface area (Å²) in [6.45, 7) is 8.61. The lowest BCUT2D eigenvalue weighted by atomic mass is 10.1. The van der Waals surface area contributed by atoms with Crippen molar-refractivity contribution in [1.82, 2.24) is 10.2 Å². The molecule has 3 rings (SSSR count). The minimum absolute atomic E-state index is 0.0234. The SMILES string of the molecule is CC[C@@H](C(=O)NC(C)C)N(Cc1ccccc1Cl)C(=O)CN(c1ccc(C)c(Cl)c1)S(=O)(=O)c1ccc(C)cc1. The van der Waals surface area contributed by atoms with Crippen molar-refractivity contribution in [2.45, 2.75) is 64.6 Å². The Morgan fingerprint density at radius 2 is 1.57 bits per heavy atom. The number of amides is 2. The Hall–Kier alpha value is -3.07. The van der Waals surface area contributed by atoms with E-state index in [1.54, 1.807) is 62.4 Å². The fraction of sp³-hybridized carbons (Fsp3) is 0.333. The van der Waals surface area contributed by atoms with Crippen molar-refractivity contribution < 1.29 is 18.0 Å². The van der Waals surface area contributed by atoms with Crippen LogP contribution in [-0.2, 0) is 26.2 Å². The molecule has 0 saturated carbocycles. The van der Waals surface area contributed by atoms with Crippen LogP contribution in [-0.4, -0.2) is 43.8 Å². The van der Waals surface area contributed by atoms with Crippen LogP contribution < -0.4 is 9.62 Å². The summed E-state index contributed by atoms with van der Waals surface area (Å²) >= 11 is 12.8. The summed E-state index contributed by atoms with van der Waals surface area (Å²) in [6, 6.07) is 17.3. The number of hydrogen-bond acceptors (Lipinski definition) is 4. The third-order valence-corrected chi connectivity index (χ3v) is 9.01. The average molecular weight is 605 g/mol. The molecule has 2 amide bonds. The summed E-state index contributed by atoms with van der Waals surface area (Å²) in [4.78, 5) is 28.7. The summed E-state index contributed by atoms with van der Waals surface area (Å²) in [6.07, 6.45) is 0.315. The van der Waals surface area contributed by atoms with Gasteiger partial charge in [0.2, 0.25) is 11.8 Å². The molecule has 0 heterocycles. The smallest absolute Gasteiger partial charge is 0.264 e. The van der Waals surface area contributed by atoms with Gasteiger partial charge >= 0.3 is 0 Å². The Morgan fingerprint density at radius 1 is 0.925 bits per heavy atom. The van der Waals surface area contributed by atoms with E-state index in [2.05, 4.69) is 5.32 Å². The van der Waals surface area contributed by atoms with Gasteiger partial charge in [0.05, 0.1) is 10.6 Å². The van der Waals surface area contributed by atoms with E-state index in [-0.39, 0.29) is 29.1 Å². The molecule has 0 unspecified atom stereocenters. The van der Waals surface area contributed by atoms with Crippen LogP contribution in [0.5, 0.6) is 0 Å². The van der Waals surface area contributed by atoms with Crippen LogP contribution in [0.1, 0.15) is 43.9 Å².